The van der Waals surface area contributed by atoms with Crippen LogP contribution in [0.1, 0.15) is 20.8 Å². The summed E-state index contributed by atoms with van der Waals surface area (Å²) in [4.78, 5) is 0. The van der Waals surface area contributed by atoms with Gasteiger partial charge in [-0.25, -0.2) is 0 Å². The first-order valence-electron chi connectivity index (χ1n) is 2.22. The van der Waals surface area contributed by atoms with Crippen LogP contribution >= 0.6 is 0 Å². The van der Waals surface area contributed by atoms with Gasteiger partial charge in [0.2, 0.25) is 0 Å². The maximum atomic E-state index is 8.52. The number of hydrogen-bond donors (Lipinski definition) is 1. The van der Waals surface area contributed by atoms with Crippen molar-refractivity contribution >= 4 is 0 Å². The predicted molar refractivity (Wildman–Crippen MR) is 27.8 cm³/mol. The van der Waals surface area contributed by atoms with Gasteiger partial charge in [-0.2, -0.15) is 0 Å². The normalized spacial score (nSPS) is 9.14. The van der Waals surface area contributed by atoms with Crippen molar-refractivity contribution in [3.05, 3.63) is 0 Å². The topological polar surface area (TPSA) is 20.2 Å². The van der Waals surface area contributed by atoms with Crippen LogP contribution in [-0.2, 0) is 20.4 Å². The van der Waals surface area contributed by atoms with Crippen LogP contribution < -0.4 is 0 Å². The molecular formula is C5H13OTi. The molecule has 43 valence electrons. The summed E-state index contributed by atoms with van der Waals surface area (Å²) in [6.07, 6.45) is 0. The van der Waals surface area contributed by atoms with Crippen LogP contribution in [0.2, 0.25) is 5.23 Å². The molecule has 0 amide bonds. The van der Waals surface area contributed by atoms with Crippen molar-refractivity contribution in [2.75, 3.05) is 0 Å². The second-order valence-electron chi connectivity index (χ2n) is 2.17. The molecule has 0 aliphatic carbocycles. The molecule has 0 unspecified atom stereocenters. The summed E-state index contributed by atoms with van der Waals surface area (Å²) >= 11 is 2.00. The van der Waals surface area contributed by atoms with Gasteiger partial charge >= 0.3 is 25.7 Å². The Balaban J connectivity index is 0. The van der Waals surface area contributed by atoms with Gasteiger partial charge in [0, 0.05) is 0 Å². The molecule has 0 rings (SSSR count). The van der Waals surface area contributed by atoms with Crippen molar-refractivity contribution < 1.29 is 25.5 Å². The third-order valence-corrected chi connectivity index (χ3v) is 0. The van der Waals surface area contributed by atoms with E-state index >= 15 is 0 Å². The fraction of sp³-hybridized carbons (Fsp3) is 1.00. The fourth-order valence-electron chi connectivity index (χ4n) is 0. The minimum atomic E-state index is -0.500. The van der Waals surface area contributed by atoms with Gasteiger partial charge in [-0.1, -0.05) is 0 Å². The average molecular weight is 137 g/mol. The Morgan fingerprint density at radius 1 is 1.14 bits per heavy atom. The molecule has 0 heterocycles. The van der Waals surface area contributed by atoms with Crippen molar-refractivity contribution in [3.8, 4) is 0 Å². The van der Waals surface area contributed by atoms with Crippen molar-refractivity contribution in [1.82, 2.24) is 0 Å². The van der Waals surface area contributed by atoms with E-state index < -0.39 is 5.60 Å². The Bertz CT molecular complexity index is 23.6. The fourth-order valence-corrected chi connectivity index (χ4v) is 0. The van der Waals surface area contributed by atoms with E-state index in [1.165, 1.54) is 0 Å². The Kier molecular flexibility index (Phi) is 7.32. The van der Waals surface area contributed by atoms with Crippen LogP contribution in [-0.4, -0.2) is 10.7 Å². The first-order chi connectivity index (χ1) is 3.00. The summed E-state index contributed by atoms with van der Waals surface area (Å²) in [5, 5.41) is 10.5. The van der Waals surface area contributed by atoms with Gasteiger partial charge in [-0.05, 0) is 20.8 Å². The summed E-state index contributed by atoms with van der Waals surface area (Å²) in [6, 6.07) is 0. The zero-order valence-electron chi connectivity index (χ0n) is 5.45. The van der Waals surface area contributed by atoms with Crippen LogP contribution in [0.3, 0.4) is 0 Å². The quantitative estimate of drug-likeness (QED) is 0.499. The van der Waals surface area contributed by atoms with Crippen LogP contribution in [0.5, 0.6) is 0 Å². The summed E-state index contributed by atoms with van der Waals surface area (Å²) < 4.78 is 0. The van der Waals surface area contributed by atoms with E-state index in [1.807, 2.05) is 25.7 Å². The summed E-state index contributed by atoms with van der Waals surface area (Å²) in [5.41, 5.74) is -0.500. The van der Waals surface area contributed by atoms with Gasteiger partial charge in [-0.3, -0.25) is 0 Å². The summed E-state index contributed by atoms with van der Waals surface area (Å²) in [6.45, 7) is 5.23. The number of rotatable bonds is 0. The SMILES string of the molecule is CC(C)(C)O.[CH3][Ti]. The summed E-state index contributed by atoms with van der Waals surface area (Å²) in [7, 11) is 0. The van der Waals surface area contributed by atoms with Crippen molar-refractivity contribution in [1.29, 1.82) is 0 Å². The van der Waals surface area contributed by atoms with Gasteiger partial charge < -0.3 is 5.11 Å². The van der Waals surface area contributed by atoms with Gasteiger partial charge in [0.25, 0.3) is 0 Å². The number of aliphatic hydroxyl groups is 1. The van der Waals surface area contributed by atoms with Gasteiger partial charge in [0.15, 0.2) is 0 Å². The molecule has 0 aromatic rings. The Labute approximate surface area is 57.5 Å². The van der Waals surface area contributed by atoms with E-state index in [0.29, 0.717) is 0 Å². The van der Waals surface area contributed by atoms with E-state index in [9.17, 15) is 0 Å². The van der Waals surface area contributed by atoms with Crippen LogP contribution in [0.25, 0.3) is 0 Å². The van der Waals surface area contributed by atoms with Gasteiger partial charge in [-0.15, -0.1) is 0 Å². The molecule has 0 aromatic heterocycles. The minimum absolute atomic E-state index is 0.500. The zero-order valence-corrected chi connectivity index (χ0v) is 7.01. The van der Waals surface area contributed by atoms with Crippen LogP contribution in [0.4, 0.5) is 0 Å². The molecular weight excluding hydrogens is 124 g/mol. The van der Waals surface area contributed by atoms with Gasteiger partial charge in [0.1, 0.15) is 0 Å². The Morgan fingerprint density at radius 3 is 1.14 bits per heavy atom. The molecule has 0 aliphatic heterocycles. The summed E-state index contributed by atoms with van der Waals surface area (Å²) in [5.74, 6) is 0. The maximum absolute atomic E-state index is 8.52. The molecule has 1 nitrogen and oxygen atoms in total. The molecule has 0 bridgehead atoms. The zero-order chi connectivity index (χ0) is 6.50. The molecule has 0 spiro atoms. The standard InChI is InChI=1S/C4H10O.CH3.Ti/c1-4(2,3)5;;/h5H,1-3H3;1H3;. The van der Waals surface area contributed by atoms with E-state index in [-0.39, 0.29) is 0 Å². The third-order valence-electron chi connectivity index (χ3n) is 0. The van der Waals surface area contributed by atoms with E-state index in [4.69, 9.17) is 5.11 Å². The van der Waals surface area contributed by atoms with E-state index in [2.05, 4.69) is 0 Å². The van der Waals surface area contributed by atoms with E-state index in [1.54, 1.807) is 20.8 Å². The first-order valence-corrected chi connectivity index (χ1v) is 3.79. The molecule has 0 atom stereocenters. The number of hydrogen-bond acceptors (Lipinski definition) is 1. The Hall–Kier alpha value is 0.674. The molecule has 0 radical (unpaired) electrons. The van der Waals surface area contributed by atoms with Crippen molar-refractivity contribution in [2.45, 2.75) is 31.6 Å². The predicted octanol–water partition coefficient (Wildman–Crippen LogP) is 1.36. The molecule has 2 heteroatoms. The molecule has 0 fully saturated rings. The second kappa shape index (κ2) is 4.82. The first kappa shape index (κ1) is 10.6. The third kappa shape index (κ3) is 321. The molecule has 0 aromatic carbocycles. The van der Waals surface area contributed by atoms with Crippen molar-refractivity contribution in [2.24, 2.45) is 0 Å². The Morgan fingerprint density at radius 2 is 1.14 bits per heavy atom. The molecule has 7 heavy (non-hydrogen) atoms. The van der Waals surface area contributed by atoms with Gasteiger partial charge in [0.05, 0.1) is 5.60 Å². The molecule has 0 aliphatic rings. The molecule has 0 saturated heterocycles. The second-order valence-corrected chi connectivity index (χ2v) is 2.17. The average Bonchev–Trinajstić information content (AvgIpc) is 1.36. The van der Waals surface area contributed by atoms with Crippen LogP contribution in [0, 0.1) is 0 Å². The molecule has 1 N–H and O–H groups in total. The van der Waals surface area contributed by atoms with Crippen LogP contribution in [0.15, 0.2) is 0 Å². The van der Waals surface area contributed by atoms with E-state index in [0.717, 1.165) is 0 Å². The monoisotopic (exact) mass is 137 g/mol. The molecule has 0 saturated carbocycles. The van der Waals surface area contributed by atoms with Crippen molar-refractivity contribution in [3.63, 3.8) is 0 Å².